The van der Waals surface area contributed by atoms with Gasteiger partial charge in [0, 0.05) is 37.1 Å². The van der Waals surface area contributed by atoms with Crippen LogP contribution in [0.3, 0.4) is 0 Å². The van der Waals surface area contributed by atoms with Gasteiger partial charge in [-0.1, -0.05) is 31.2 Å². The molecule has 0 atom stereocenters. The van der Waals surface area contributed by atoms with E-state index in [1.54, 1.807) is 7.11 Å². The van der Waals surface area contributed by atoms with Gasteiger partial charge in [-0.25, -0.2) is 4.99 Å². The van der Waals surface area contributed by atoms with Crippen LogP contribution < -0.4 is 14.5 Å². The Balaban J connectivity index is 1.53. The maximum Gasteiger partial charge on any atom is 0.149 e. The summed E-state index contributed by atoms with van der Waals surface area (Å²) in [6.45, 7) is 4.54. The van der Waals surface area contributed by atoms with Crippen LogP contribution in [0.5, 0.6) is 5.75 Å². The van der Waals surface area contributed by atoms with Crippen LogP contribution in [-0.2, 0) is 19.3 Å². The standard InChI is InChI=1S/C27H31N3O/c1-4-19-15-20-9-5-6-10-21(20)17-25(19)29(2)18-28-24-16-22-11-7-13-30-14-8-12-23(26(22)30)27(24)31-3/h5-6,9-10,15-18H,4,7-8,11-14H2,1-3H3. The van der Waals surface area contributed by atoms with Crippen molar-refractivity contribution in [2.24, 2.45) is 4.99 Å². The molecule has 0 N–H and O–H groups in total. The van der Waals surface area contributed by atoms with Gasteiger partial charge < -0.3 is 14.5 Å². The van der Waals surface area contributed by atoms with Gasteiger partial charge in [-0.2, -0.15) is 0 Å². The van der Waals surface area contributed by atoms with E-state index in [1.807, 2.05) is 6.34 Å². The summed E-state index contributed by atoms with van der Waals surface area (Å²) in [6, 6.07) is 15.4. The Morgan fingerprint density at radius 2 is 1.81 bits per heavy atom. The van der Waals surface area contributed by atoms with E-state index in [1.165, 1.54) is 51.7 Å². The monoisotopic (exact) mass is 413 g/mol. The average Bonchev–Trinajstić information content (AvgIpc) is 2.82. The third-order valence-corrected chi connectivity index (χ3v) is 6.73. The Labute approximate surface area is 185 Å². The van der Waals surface area contributed by atoms with E-state index in [0.29, 0.717) is 0 Å². The smallest absolute Gasteiger partial charge is 0.149 e. The molecular weight excluding hydrogens is 382 g/mol. The molecule has 0 bridgehead atoms. The minimum atomic E-state index is 0.948. The highest BCUT2D eigenvalue weighted by Gasteiger charge is 2.28. The number of anilines is 2. The Bertz CT molecular complexity index is 1150. The molecule has 0 saturated heterocycles. The molecule has 3 aromatic carbocycles. The molecule has 31 heavy (non-hydrogen) atoms. The molecule has 2 aliphatic rings. The summed E-state index contributed by atoms with van der Waals surface area (Å²) >= 11 is 0. The molecule has 0 saturated carbocycles. The van der Waals surface area contributed by atoms with E-state index in [0.717, 1.165) is 43.8 Å². The number of fused-ring (bicyclic) bond motifs is 1. The fourth-order valence-corrected chi connectivity index (χ4v) is 5.24. The molecule has 3 aromatic rings. The Kier molecular flexibility index (Phi) is 5.31. The number of aliphatic imine (C=N–C) groups is 1. The molecule has 2 heterocycles. The van der Waals surface area contributed by atoms with Crippen molar-refractivity contribution in [3.05, 3.63) is 59.2 Å². The first-order valence-corrected chi connectivity index (χ1v) is 11.5. The number of hydrogen-bond acceptors (Lipinski definition) is 3. The average molecular weight is 414 g/mol. The lowest BCUT2D eigenvalue weighted by Gasteiger charge is -2.37. The van der Waals surface area contributed by atoms with Gasteiger partial charge in [0.2, 0.25) is 0 Å². The van der Waals surface area contributed by atoms with Gasteiger partial charge in [-0.3, -0.25) is 0 Å². The van der Waals surface area contributed by atoms with Crippen LogP contribution in [0.1, 0.15) is 36.5 Å². The molecule has 0 unspecified atom stereocenters. The molecule has 2 aliphatic heterocycles. The first-order valence-electron chi connectivity index (χ1n) is 11.5. The maximum atomic E-state index is 5.90. The molecule has 4 heteroatoms. The zero-order chi connectivity index (χ0) is 21.4. The normalized spacial score (nSPS) is 15.4. The third-order valence-electron chi connectivity index (χ3n) is 6.73. The Morgan fingerprint density at radius 1 is 1.06 bits per heavy atom. The first kappa shape index (κ1) is 19.9. The topological polar surface area (TPSA) is 28.1 Å². The molecule has 0 aromatic heterocycles. The summed E-state index contributed by atoms with van der Waals surface area (Å²) < 4.78 is 5.90. The molecule has 0 amide bonds. The van der Waals surface area contributed by atoms with Gasteiger partial charge >= 0.3 is 0 Å². The predicted octanol–water partition coefficient (Wildman–Crippen LogP) is 5.91. The fraction of sp³-hybridized carbons (Fsp3) is 0.370. The van der Waals surface area contributed by atoms with E-state index in [4.69, 9.17) is 9.73 Å². The van der Waals surface area contributed by atoms with Crippen molar-refractivity contribution >= 4 is 34.2 Å². The van der Waals surface area contributed by atoms with E-state index >= 15 is 0 Å². The van der Waals surface area contributed by atoms with Crippen molar-refractivity contribution in [3.8, 4) is 5.75 Å². The molecule has 0 fully saturated rings. The van der Waals surface area contributed by atoms with Crippen LogP contribution in [0.25, 0.3) is 10.8 Å². The van der Waals surface area contributed by atoms with E-state index in [2.05, 4.69) is 66.2 Å². The highest BCUT2D eigenvalue weighted by molar-refractivity contribution is 5.92. The summed E-state index contributed by atoms with van der Waals surface area (Å²) in [6.07, 6.45) is 7.55. The van der Waals surface area contributed by atoms with Gasteiger partial charge in [0.1, 0.15) is 11.4 Å². The van der Waals surface area contributed by atoms with Crippen LogP contribution >= 0.6 is 0 Å². The molecule has 0 spiro atoms. The summed E-state index contributed by atoms with van der Waals surface area (Å²) in [4.78, 5) is 9.62. The van der Waals surface area contributed by atoms with E-state index in [-0.39, 0.29) is 0 Å². The van der Waals surface area contributed by atoms with Gasteiger partial charge in [0.05, 0.1) is 13.4 Å². The third kappa shape index (κ3) is 3.54. The van der Waals surface area contributed by atoms with Crippen LogP contribution in [0.15, 0.2) is 47.5 Å². The second kappa shape index (κ2) is 8.26. The minimum Gasteiger partial charge on any atom is -0.494 e. The molecule has 160 valence electrons. The second-order valence-corrected chi connectivity index (χ2v) is 8.65. The molecule has 4 nitrogen and oxygen atoms in total. The van der Waals surface area contributed by atoms with Gasteiger partial charge in [-0.15, -0.1) is 0 Å². The minimum absolute atomic E-state index is 0.948. The quantitative estimate of drug-likeness (QED) is 0.385. The van der Waals surface area contributed by atoms with Crippen LogP contribution in [0, 0.1) is 0 Å². The SMILES string of the molecule is CCc1cc2ccccc2cc1N(C)C=Nc1cc2c3c(c1OC)CCCN3CCC2. The van der Waals surface area contributed by atoms with E-state index < -0.39 is 0 Å². The largest absolute Gasteiger partial charge is 0.494 e. The molecular formula is C27H31N3O. The summed E-state index contributed by atoms with van der Waals surface area (Å²) in [5.74, 6) is 0.948. The lowest BCUT2D eigenvalue weighted by molar-refractivity contribution is 0.408. The number of nitrogens with zero attached hydrogens (tertiary/aromatic N) is 3. The molecule has 5 rings (SSSR count). The highest BCUT2D eigenvalue weighted by atomic mass is 16.5. The number of rotatable bonds is 5. The number of hydrogen-bond donors (Lipinski definition) is 0. The summed E-state index contributed by atoms with van der Waals surface area (Å²) in [5, 5.41) is 2.54. The predicted molar refractivity (Wildman–Crippen MR) is 132 cm³/mol. The number of methoxy groups -OCH3 is 1. The van der Waals surface area contributed by atoms with Crippen molar-refractivity contribution in [2.75, 3.05) is 37.0 Å². The Hall–Kier alpha value is -3.01. The Morgan fingerprint density at radius 3 is 2.55 bits per heavy atom. The highest BCUT2D eigenvalue weighted by Crippen LogP contribution is 2.45. The summed E-state index contributed by atoms with van der Waals surface area (Å²) in [5.41, 5.74) is 7.68. The fourth-order valence-electron chi connectivity index (χ4n) is 5.24. The van der Waals surface area contributed by atoms with Gasteiger partial charge in [0.25, 0.3) is 0 Å². The summed E-state index contributed by atoms with van der Waals surface area (Å²) in [7, 11) is 3.87. The maximum absolute atomic E-state index is 5.90. The zero-order valence-corrected chi connectivity index (χ0v) is 18.8. The number of benzene rings is 3. The van der Waals surface area contributed by atoms with Crippen molar-refractivity contribution in [1.29, 1.82) is 0 Å². The lowest BCUT2D eigenvalue weighted by atomic mass is 9.90. The van der Waals surface area contributed by atoms with Gasteiger partial charge in [0.15, 0.2) is 0 Å². The molecule has 0 radical (unpaired) electrons. The second-order valence-electron chi connectivity index (χ2n) is 8.65. The van der Waals surface area contributed by atoms with Crippen molar-refractivity contribution in [2.45, 2.75) is 39.0 Å². The van der Waals surface area contributed by atoms with E-state index in [9.17, 15) is 0 Å². The number of ether oxygens (including phenoxy) is 1. The van der Waals surface area contributed by atoms with Crippen LogP contribution in [0.2, 0.25) is 0 Å². The molecule has 0 aliphatic carbocycles. The first-order chi connectivity index (χ1) is 15.2. The van der Waals surface area contributed by atoms with Crippen molar-refractivity contribution in [1.82, 2.24) is 0 Å². The lowest BCUT2D eigenvalue weighted by Crippen LogP contribution is -2.34. The van der Waals surface area contributed by atoms with Gasteiger partial charge in [-0.05, 0) is 72.2 Å². The van der Waals surface area contributed by atoms with Crippen LogP contribution in [-0.4, -0.2) is 33.6 Å². The van der Waals surface area contributed by atoms with Crippen molar-refractivity contribution < 1.29 is 4.74 Å². The number of aryl methyl sites for hydroxylation is 2. The van der Waals surface area contributed by atoms with Crippen molar-refractivity contribution in [3.63, 3.8) is 0 Å². The zero-order valence-electron chi connectivity index (χ0n) is 18.8. The van der Waals surface area contributed by atoms with Crippen LogP contribution in [0.4, 0.5) is 17.1 Å².